The lowest BCUT2D eigenvalue weighted by Crippen LogP contribution is -2.46. The highest BCUT2D eigenvalue weighted by molar-refractivity contribution is 5.86. The predicted molar refractivity (Wildman–Crippen MR) is 131 cm³/mol. The van der Waals surface area contributed by atoms with Crippen molar-refractivity contribution in [1.82, 2.24) is 9.47 Å². The van der Waals surface area contributed by atoms with E-state index in [0.717, 1.165) is 37.3 Å². The van der Waals surface area contributed by atoms with Gasteiger partial charge in [-0.3, -0.25) is 14.5 Å². The molecule has 0 radical (unpaired) electrons. The molecule has 2 aromatic carbocycles. The van der Waals surface area contributed by atoms with Gasteiger partial charge >= 0.3 is 0 Å². The third kappa shape index (κ3) is 3.37. The van der Waals surface area contributed by atoms with Crippen LogP contribution in [0.4, 0.5) is 0 Å². The second-order valence-corrected chi connectivity index (χ2v) is 9.56. The summed E-state index contributed by atoms with van der Waals surface area (Å²) in [5.74, 6) is 1.33. The minimum atomic E-state index is -0.0879. The van der Waals surface area contributed by atoms with E-state index in [1.165, 1.54) is 0 Å². The molecular weight excluding hydrogens is 428 g/mol. The Morgan fingerprint density at radius 3 is 2.62 bits per heavy atom. The van der Waals surface area contributed by atoms with Crippen LogP contribution in [0.15, 0.2) is 74.7 Å². The molecule has 2 aromatic heterocycles. The molecule has 2 atom stereocenters. The Hall–Kier alpha value is -3.64. The molecule has 1 saturated heterocycles. The average molecular weight is 455 g/mol. The summed E-state index contributed by atoms with van der Waals surface area (Å²) >= 11 is 0. The number of phenolic OH excluding ortho intramolecular Hbond substituents is 1. The maximum atomic E-state index is 13.4. The van der Waals surface area contributed by atoms with E-state index >= 15 is 0 Å². The molecule has 6 rings (SSSR count). The van der Waals surface area contributed by atoms with Gasteiger partial charge in [0.15, 0.2) is 0 Å². The number of hydrogen-bond donors (Lipinski definition) is 1. The van der Waals surface area contributed by atoms with Crippen LogP contribution in [0.3, 0.4) is 0 Å². The fourth-order valence-corrected chi connectivity index (χ4v) is 5.85. The van der Waals surface area contributed by atoms with Crippen LogP contribution in [0.1, 0.15) is 29.4 Å². The summed E-state index contributed by atoms with van der Waals surface area (Å²) in [4.78, 5) is 28.1. The number of pyridine rings is 1. The Bertz CT molecular complexity index is 1520. The second-order valence-electron chi connectivity index (χ2n) is 9.56. The molecule has 0 unspecified atom stereocenters. The first kappa shape index (κ1) is 20.9. The molecule has 2 aliphatic rings. The molecular formula is C28H26N2O4. The molecule has 6 heteroatoms. The van der Waals surface area contributed by atoms with E-state index in [0.29, 0.717) is 40.3 Å². The van der Waals surface area contributed by atoms with E-state index in [4.69, 9.17) is 4.42 Å². The van der Waals surface area contributed by atoms with Gasteiger partial charge in [0, 0.05) is 43.9 Å². The first-order valence-electron chi connectivity index (χ1n) is 11.8. The highest BCUT2D eigenvalue weighted by atomic mass is 16.3. The van der Waals surface area contributed by atoms with Crippen LogP contribution in [0.2, 0.25) is 0 Å². The van der Waals surface area contributed by atoms with Crippen molar-refractivity contribution in [3.8, 4) is 16.9 Å². The summed E-state index contributed by atoms with van der Waals surface area (Å²) in [6, 6.07) is 18.3. The van der Waals surface area contributed by atoms with Crippen LogP contribution in [-0.2, 0) is 13.1 Å². The molecule has 1 N–H and O–H groups in total. The molecule has 6 nitrogen and oxygen atoms in total. The minimum absolute atomic E-state index is 0.0684. The van der Waals surface area contributed by atoms with Gasteiger partial charge in [-0.15, -0.1) is 0 Å². The molecule has 0 aliphatic carbocycles. The number of hydrogen-bond acceptors (Lipinski definition) is 5. The zero-order chi connectivity index (χ0) is 23.4. The summed E-state index contributed by atoms with van der Waals surface area (Å²) < 4.78 is 8.13. The Balaban J connectivity index is 1.39. The van der Waals surface area contributed by atoms with Crippen LogP contribution in [0, 0.1) is 12.8 Å². The number of aryl methyl sites for hydroxylation is 1. The van der Waals surface area contributed by atoms with Crippen LogP contribution >= 0.6 is 0 Å². The lowest BCUT2D eigenvalue weighted by molar-refractivity contribution is 0.113. The third-order valence-electron chi connectivity index (χ3n) is 7.31. The number of piperidine rings is 1. The zero-order valence-corrected chi connectivity index (χ0v) is 19.0. The number of nitrogens with zero attached hydrogens (tertiary/aromatic N) is 2. The Kier molecular flexibility index (Phi) is 4.92. The van der Waals surface area contributed by atoms with Crippen LogP contribution < -0.4 is 11.0 Å². The number of fused-ring (bicyclic) bond motifs is 5. The number of phenols is 1. The van der Waals surface area contributed by atoms with Crippen molar-refractivity contribution in [3.05, 3.63) is 98.3 Å². The van der Waals surface area contributed by atoms with E-state index < -0.39 is 0 Å². The van der Waals surface area contributed by atoms with Crippen molar-refractivity contribution in [3.63, 3.8) is 0 Å². The summed E-state index contributed by atoms with van der Waals surface area (Å²) in [5, 5.41) is 11.2. The van der Waals surface area contributed by atoms with Gasteiger partial charge in [0.1, 0.15) is 17.1 Å². The fraction of sp³-hybridized carbons (Fsp3) is 0.286. The highest BCUT2D eigenvalue weighted by Crippen LogP contribution is 2.37. The van der Waals surface area contributed by atoms with Crippen LogP contribution in [-0.4, -0.2) is 27.7 Å². The minimum Gasteiger partial charge on any atom is -0.507 e. The number of benzene rings is 2. The SMILES string of the molecule is Cc1oc2c(CN3C[C@H]4C[C@@H](C3)c3cccc(=O)n3C4)c(O)ccc2c(=O)c1-c1ccccc1. The van der Waals surface area contributed by atoms with Gasteiger partial charge in [-0.05, 0) is 43.0 Å². The van der Waals surface area contributed by atoms with Crippen molar-refractivity contribution in [2.75, 3.05) is 13.1 Å². The van der Waals surface area contributed by atoms with Gasteiger partial charge in [-0.2, -0.15) is 0 Å². The normalized spacial score (nSPS) is 19.8. The maximum absolute atomic E-state index is 13.4. The topological polar surface area (TPSA) is 75.7 Å². The van der Waals surface area contributed by atoms with Crippen molar-refractivity contribution in [2.45, 2.75) is 32.4 Å². The zero-order valence-electron chi connectivity index (χ0n) is 19.0. The average Bonchev–Trinajstić information content (AvgIpc) is 2.82. The molecule has 172 valence electrons. The molecule has 0 amide bonds. The van der Waals surface area contributed by atoms with E-state index in [9.17, 15) is 14.7 Å². The van der Waals surface area contributed by atoms with Gasteiger partial charge in [-0.25, -0.2) is 0 Å². The Labute approximate surface area is 196 Å². The largest absolute Gasteiger partial charge is 0.507 e. The second kappa shape index (κ2) is 7.99. The third-order valence-corrected chi connectivity index (χ3v) is 7.31. The lowest BCUT2D eigenvalue weighted by atomic mass is 9.83. The van der Waals surface area contributed by atoms with Gasteiger partial charge in [0.25, 0.3) is 5.56 Å². The predicted octanol–water partition coefficient (Wildman–Crippen LogP) is 4.26. The Morgan fingerprint density at radius 2 is 1.79 bits per heavy atom. The smallest absolute Gasteiger partial charge is 0.250 e. The van der Waals surface area contributed by atoms with Gasteiger partial charge < -0.3 is 14.1 Å². The monoisotopic (exact) mass is 454 g/mol. The van der Waals surface area contributed by atoms with Gasteiger partial charge in [0.05, 0.1) is 16.5 Å². The van der Waals surface area contributed by atoms with Crippen LogP contribution in [0.25, 0.3) is 22.1 Å². The van der Waals surface area contributed by atoms with Crippen molar-refractivity contribution >= 4 is 11.0 Å². The van der Waals surface area contributed by atoms with E-state index in [2.05, 4.69) is 11.0 Å². The maximum Gasteiger partial charge on any atom is 0.250 e. The molecule has 1 fully saturated rings. The summed E-state index contributed by atoms with van der Waals surface area (Å²) in [5.41, 5.74) is 3.54. The molecule has 0 spiro atoms. The van der Waals surface area contributed by atoms with E-state index in [1.54, 1.807) is 25.1 Å². The van der Waals surface area contributed by atoms with Gasteiger partial charge in [0.2, 0.25) is 5.43 Å². The first-order chi connectivity index (χ1) is 16.5. The molecule has 2 aliphatic heterocycles. The molecule has 4 aromatic rings. The number of likely N-dealkylation sites (tertiary alicyclic amines) is 1. The molecule has 0 saturated carbocycles. The summed E-state index contributed by atoms with van der Waals surface area (Å²) in [7, 11) is 0. The summed E-state index contributed by atoms with van der Waals surface area (Å²) in [6.45, 7) is 4.63. The number of aromatic nitrogens is 1. The standard InChI is InChI=1S/C28H26N2O4/c1-17-26(19-6-3-2-4-7-19)27(33)21-10-11-24(31)22(28(21)34-17)16-29-13-18-12-20(15-29)23-8-5-9-25(32)30(23)14-18/h2-11,18,20,31H,12-16H2,1H3/t18-,20+/m1/s1. The fourth-order valence-electron chi connectivity index (χ4n) is 5.85. The van der Waals surface area contributed by atoms with E-state index in [-0.39, 0.29) is 22.7 Å². The molecule has 2 bridgehead atoms. The quantitative estimate of drug-likeness (QED) is 0.501. The van der Waals surface area contributed by atoms with Crippen LogP contribution in [0.5, 0.6) is 5.75 Å². The lowest BCUT2D eigenvalue weighted by Gasteiger charge is -2.42. The van der Waals surface area contributed by atoms with E-state index in [1.807, 2.05) is 41.0 Å². The van der Waals surface area contributed by atoms with Gasteiger partial charge in [-0.1, -0.05) is 36.4 Å². The molecule has 34 heavy (non-hydrogen) atoms. The number of aromatic hydroxyl groups is 1. The highest BCUT2D eigenvalue weighted by Gasteiger charge is 2.35. The number of rotatable bonds is 3. The first-order valence-corrected chi connectivity index (χ1v) is 11.8. The van der Waals surface area contributed by atoms with Crippen molar-refractivity contribution in [1.29, 1.82) is 0 Å². The molecule has 4 heterocycles. The Morgan fingerprint density at radius 1 is 0.971 bits per heavy atom. The van der Waals surface area contributed by atoms with Crippen molar-refractivity contribution in [2.24, 2.45) is 5.92 Å². The summed E-state index contributed by atoms with van der Waals surface area (Å²) in [6.07, 6.45) is 1.07. The van der Waals surface area contributed by atoms with Crippen molar-refractivity contribution < 1.29 is 9.52 Å².